The molecule has 0 spiro atoms. The maximum atomic E-state index is 13.4. The Balaban J connectivity index is 2.28. The molecule has 0 atom stereocenters. The van der Waals surface area contributed by atoms with E-state index < -0.39 is 0 Å². The molecule has 2 aromatic carbocycles. The smallest absolute Gasteiger partial charge is 0.123 e. The van der Waals surface area contributed by atoms with Crippen LogP contribution in [0.1, 0.15) is 44.7 Å². The summed E-state index contributed by atoms with van der Waals surface area (Å²) in [4.78, 5) is 0. The topological polar surface area (TPSA) is 23.9 Å². The van der Waals surface area contributed by atoms with Crippen LogP contribution in [-0.4, -0.2) is 5.71 Å². The first kappa shape index (κ1) is 16.6. The van der Waals surface area contributed by atoms with E-state index in [1.54, 1.807) is 0 Å². The van der Waals surface area contributed by atoms with Gasteiger partial charge >= 0.3 is 0 Å². The van der Waals surface area contributed by atoms with E-state index in [4.69, 9.17) is 5.41 Å². The second-order valence-corrected chi connectivity index (χ2v) is 7.56. The zero-order valence-corrected chi connectivity index (χ0v) is 14.6. The number of rotatable bonds is 4. The first-order valence-corrected chi connectivity index (χ1v) is 8.53. The Kier molecular flexibility index (Phi) is 4.40. The summed E-state index contributed by atoms with van der Waals surface area (Å²) in [6.45, 7) is 6.48. The number of nitrogens with one attached hydrogen (secondary N) is 1. The van der Waals surface area contributed by atoms with Gasteiger partial charge in [-0.2, -0.15) is 0 Å². The monoisotopic (exact) mass is 321 g/mol. The van der Waals surface area contributed by atoms with Crippen molar-refractivity contribution in [3.8, 4) is 0 Å². The molecule has 1 nitrogen and oxygen atoms in total. The number of hydrogen-bond donors (Lipinski definition) is 1. The Morgan fingerprint density at radius 1 is 0.917 bits per heavy atom. The SMILES string of the molecule is CC(C)(C)/C(C(=N)C1CC1)=C(/c1ccccc1)c1ccc(F)cc1. The summed E-state index contributed by atoms with van der Waals surface area (Å²) in [5.41, 5.74) is 4.77. The van der Waals surface area contributed by atoms with Gasteiger partial charge in [-0.1, -0.05) is 63.2 Å². The van der Waals surface area contributed by atoms with Crippen molar-refractivity contribution >= 4 is 11.3 Å². The van der Waals surface area contributed by atoms with Gasteiger partial charge in [-0.25, -0.2) is 4.39 Å². The Morgan fingerprint density at radius 3 is 1.96 bits per heavy atom. The predicted molar refractivity (Wildman–Crippen MR) is 98.8 cm³/mol. The lowest BCUT2D eigenvalue weighted by atomic mass is 9.76. The van der Waals surface area contributed by atoms with Gasteiger partial charge in [-0.3, -0.25) is 0 Å². The lowest BCUT2D eigenvalue weighted by molar-refractivity contribution is 0.523. The Labute approximate surface area is 143 Å². The van der Waals surface area contributed by atoms with E-state index in [0.717, 1.165) is 40.8 Å². The number of hydrogen-bond acceptors (Lipinski definition) is 1. The summed E-state index contributed by atoms with van der Waals surface area (Å²) in [5, 5.41) is 8.76. The standard InChI is InChI=1S/C22H24FN/c1-22(2,3)20(21(24)17-9-10-17)19(15-7-5-4-6-8-15)16-11-13-18(23)14-12-16/h4-8,11-14,17,24H,9-10H2,1-3H3/b20-19-,24-21?. The quantitative estimate of drug-likeness (QED) is 0.658. The zero-order chi connectivity index (χ0) is 17.3. The van der Waals surface area contributed by atoms with E-state index in [-0.39, 0.29) is 11.2 Å². The van der Waals surface area contributed by atoms with Crippen molar-refractivity contribution in [3.05, 3.63) is 77.1 Å². The molecule has 0 radical (unpaired) electrons. The van der Waals surface area contributed by atoms with Crippen molar-refractivity contribution in [1.29, 1.82) is 5.41 Å². The Bertz CT molecular complexity index is 760. The van der Waals surface area contributed by atoms with Crippen LogP contribution in [0.5, 0.6) is 0 Å². The minimum absolute atomic E-state index is 0.154. The first-order chi connectivity index (χ1) is 11.4. The van der Waals surface area contributed by atoms with Crippen LogP contribution in [0.25, 0.3) is 5.57 Å². The zero-order valence-electron chi connectivity index (χ0n) is 14.6. The van der Waals surface area contributed by atoms with E-state index >= 15 is 0 Å². The summed E-state index contributed by atoms with van der Waals surface area (Å²) < 4.78 is 13.4. The highest BCUT2D eigenvalue weighted by atomic mass is 19.1. The van der Waals surface area contributed by atoms with Crippen LogP contribution in [0.3, 0.4) is 0 Å². The van der Waals surface area contributed by atoms with Gasteiger partial charge in [0.25, 0.3) is 0 Å². The Morgan fingerprint density at radius 2 is 1.46 bits per heavy atom. The van der Waals surface area contributed by atoms with Crippen LogP contribution in [-0.2, 0) is 0 Å². The van der Waals surface area contributed by atoms with Crippen LogP contribution in [0.4, 0.5) is 4.39 Å². The first-order valence-electron chi connectivity index (χ1n) is 8.53. The predicted octanol–water partition coefficient (Wildman–Crippen LogP) is 6.10. The van der Waals surface area contributed by atoms with Crippen molar-refractivity contribution < 1.29 is 4.39 Å². The molecule has 24 heavy (non-hydrogen) atoms. The molecule has 0 saturated heterocycles. The summed E-state index contributed by atoms with van der Waals surface area (Å²) in [7, 11) is 0. The molecular weight excluding hydrogens is 297 g/mol. The normalized spacial score (nSPS) is 15.8. The Hall–Kier alpha value is -2.22. The fraction of sp³-hybridized carbons (Fsp3) is 0.318. The molecule has 0 aromatic heterocycles. The van der Waals surface area contributed by atoms with Gasteiger partial charge in [0.15, 0.2) is 0 Å². The molecule has 1 saturated carbocycles. The van der Waals surface area contributed by atoms with E-state index in [9.17, 15) is 4.39 Å². The summed E-state index contributed by atoms with van der Waals surface area (Å²) in [6, 6.07) is 16.8. The lowest BCUT2D eigenvalue weighted by Gasteiger charge is -2.28. The molecule has 0 bridgehead atoms. The van der Waals surface area contributed by atoms with Gasteiger partial charge in [0.05, 0.1) is 0 Å². The third kappa shape index (κ3) is 3.48. The maximum absolute atomic E-state index is 13.4. The van der Waals surface area contributed by atoms with Crippen LogP contribution in [0, 0.1) is 22.6 Å². The van der Waals surface area contributed by atoms with Crippen molar-refractivity contribution in [3.63, 3.8) is 0 Å². The highest BCUT2D eigenvalue weighted by molar-refractivity contribution is 6.10. The molecule has 2 aromatic rings. The highest BCUT2D eigenvalue weighted by Crippen LogP contribution is 2.43. The molecule has 0 unspecified atom stereocenters. The highest BCUT2D eigenvalue weighted by Gasteiger charge is 2.35. The minimum Gasteiger partial charge on any atom is -0.305 e. The molecule has 124 valence electrons. The molecule has 2 heteroatoms. The summed E-state index contributed by atoms with van der Waals surface area (Å²) >= 11 is 0. The van der Waals surface area contributed by atoms with E-state index in [2.05, 4.69) is 32.9 Å². The van der Waals surface area contributed by atoms with Crippen LogP contribution in [0.2, 0.25) is 0 Å². The van der Waals surface area contributed by atoms with Gasteiger partial charge in [-0.15, -0.1) is 0 Å². The molecule has 3 rings (SSSR count). The second-order valence-electron chi connectivity index (χ2n) is 7.56. The molecular formula is C22H24FN. The van der Waals surface area contributed by atoms with Crippen molar-refractivity contribution in [1.82, 2.24) is 0 Å². The average molecular weight is 321 g/mol. The minimum atomic E-state index is -0.235. The third-order valence-electron chi connectivity index (χ3n) is 4.45. The second kappa shape index (κ2) is 6.35. The van der Waals surface area contributed by atoms with Crippen molar-refractivity contribution in [2.45, 2.75) is 33.6 Å². The molecule has 0 heterocycles. The van der Waals surface area contributed by atoms with Crippen LogP contribution in [0.15, 0.2) is 60.2 Å². The number of halogens is 1. The maximum Gasteiger partial charge on any atom is 0.123 e. The fourth-order valence-electron chi connectivity index (χ4n) is 3.17. The molecule has 0 aliphatic heterocycles. The molecule has 1 aliphatic rings. The van der Waals surface area contributed by atoms with Crippen molar-refractivity contribution in [2.24, 2.45) is 11.3 Å². The van der Waals surface area contributed by atoms with Crippen LogP contribution >= 0.6 is 0 Å². The molecule has 0 amide bonds. The number of allylic oxidation sites excluding steroid dienone is 1. The van der Waals surface area contributed by atoms with E-state index in [1.165, 1.54) is 12.1 Å². The summed E-state index contributed by atoms with van der Waals surface area (Å²) in [5.74, 6) is 0.138. The number of benzene rings is 2. The van der Waals surface area contributed by atoms with Gasteiger partial charge in [-0.05, 0) is 52.7 Å². The lowest BCUT2D eigenvalue weighted by Crippen LogP contribution is -2.21. The van der Waals surface area contributed by atoms with Gasteiger partial charge in [0.1, 0.15) is 5.82 Å². The molecule has 1 aliphatic carbocycles. The summed E-state index contributed by atoms with van der Waals surface area (Å²) in [6.07, 6.45) is 2.20. The molecule has 1 fully saturated rings. The van der Waals surface area contributed by atoms with E-state index in [1.807, 2.05) is 30.3 Å². The average Bonchev–Trinajstić information content (AvgIpc) is 3.37. The van der Waals surface area contributed by atoms with Crippen LogP contribution < -0.4 is 0 Å². The van der Waals surface area contributed by atoms with Crippen molar-refractivity contribution in [2.75, 3.05) is 0 Å². The van der Waals surface area contributed by atoms with Gasteiger partial charge < -0.3 is 5.41 Å². The van der Waals surface area contributed by atoms with Gasteiger partial charge in [0, 0.05) is 11.6 Å². The molecule has 1 N–H and O–H groups in total. The third-order valence-corrected chi connectivity index (χ3v) is 4.45. The van der Waals surface area contributed by atoms with E-state index in [0.29, 0.717) is 5.92 Å². The largest absolute Gasteiger partial charge is 0.305 e. The van der Waals surface area contributed by atoms with Gasteiger partial charge in [0.2, 0.25) is 0 Å². The fourth-order valence-corrected chi connectivity index (χ4v) is 3.17.